The molecule has 1 heterocycles. The first-order valence-electron chi connectivity index (χ1n) is 11.6. The minimum absolute atomic E-state index is 0.0324. The standard InChI is InChI=1S/C29H27NO6/c1-4-36-24(32)16-19-7-11-21(12-8-19)30-26(20-9-13-22(31)14-10-20)25(28(34)29(30)35)27(33)23-15-17(2)5-6-18(23)3/h5-15,26,31,33H,4,16H2,1-3H3/b27-25+. The summed E-state index contributed by atoms with van der Waals surface area (Å²) in [5, 5.41) is 21.1. The van der Waals surface area contributed by atoms with Crippen LogP contribution in [0.25, 0.3) is 5.76 Å². The van der Waals surface area contributed by atoms with E-state index in [1.54, 1.807) is 49.4 Å². The maximum absolute atomic E-state index is 13.3. The van der Waals surface area contributed by atoms with Gasteiger partial charge in [-0.15, -0.1) is 0 Å². The number of benzene rings is 3. The second-order valence-corrected chi connectivity index (χ2v) is 8.73. The van der Waals surface area contributed by atoms with Crippen molar-refractivity contribution in [1.82, 2.24) is 0 Å². The number of phenols is 1. The Kier molecular flexibility index (Phi) is 6.92. The second-order valence-electron chi connectivity index (χ2n) is 8.73. The molecule has 1 amide bonds. The number of ketones is 1. The highest BCUT2D eigenvalue weighted by Crippen LogP contribution is 2.42. The number of hydrogen-bond donors (Lipinski definition) is 2. The third kappa shape index (κ3) is 4.73. The number of aryl methyl sites for hydroxylation is 2. The molecule has 184 valence electrons. The van der Waals surface area contributed by atoms with Gasteiger partial charge in [-0.1, -0.05) is 42.0 Å². The van der Waals surface area contributed by atoms with Gasteiger partial charge in [0.05, 0.1) is 24.6 Å². The van der Waals surface area contributed by atoms with Gasteiger partial charge in [0.1, 0.15) is 11.5 Å². The molecule has 0 radical (unpaired) electrons. The van der Waals surface area contributed by atoms with Crippen LogP contribution in [-0.2, 0) is 25.5 Å². The molecule has 7 heteroatoms. The van der Waals surface area contributed by atoms with Crippen molar-refractivity contribution in [2.75, 3.05) is 11.5 Å². The number of amides is 1. The first-order chi connectivity index (χ1) is 17.2. The molecule has 0 aromatic heterocycles. The lowest BCUT2D eigenvalue weighted by Crippen LogP contribution is -2.29. The average molecular weight is 486 g/mol. The number of nitrogens with zero attached hydrogens (tertiary/aromatic N) is 1. The van der Waals surface area contributed by atoms with Gasteiger partial charge in [-0.05, 0) is 67.8 Å². The molecule has 7 nitrogen and oxygen atoms in total. The Morgan fingerprint density at radius 1 is 0.972 bits per heavy atom. The van der Waals surface area contributed by atoms with Gasteiger partial charge >= 0.3 is 5.97 Å². The van der Waals surface area contributed by atoms with Gasteiger partial charge in [0, 0.05) is 11.3 Å². The van der Waals surface area contributed by atoms with Crippen molar-refractivity contribution < 1.29 is 29.3 Å². The minimum Gasteiger partial charge on any atom is -0.508 e. The summed E-state index contributed by atoms with van der Waals surface area (Å²) in [5.74, 6) is -2.16. The van der Waals surface area contributed by atoms with E-state index in [-0.39, 0.29) is 36.1 Å². The zero-order chi connectivity index (χ0) is 26.0. The van der Waals surface area contributed by atoms with E-state index in [1.807, 2.05) is 26.0 Å². The molecule has 1 fully saturated rings. The smallest absolute Gasteiger partial charge is 0.310 e. The van der Waals surface area contributed by atoms with Crippen LogP contribution in [0.5, 0.6) is 5.75 Å². The van der Waals surface area contributed by atoms with Crippen molar-refractivity contribution in [3.8, 4) is 5.75 Å². The van der Waals surface area contributed by atoms with E-state index >= 15 is 0 Å². The minimum atomic E-state index is -0.915. The fourth-order valence-electron chi connectivity index (χ4n) is 4.36. The van der Waals surface area contributed by atoms with E-state index < -0.39 is 17.7 Å². The Morgan fingerprint density at radius 2 is 1.64 bits per heavy atom. The number of aliphatic hydroxyl groups excluding tert-OH is 1. The summed E-state index contributed by atoms with van der Waals surface area (Å²) in [6.07, 6.45) is 0.0843. The SMILES string of the molecule is CCOC(=O)Cc1ccc(N2C(=O)C(=O)/C(=C(/O)c3cc(C)ccc3C)C2c2ccc(O)cc2)cc1. The summed E-state index contributed by atoms with van der Waals surface area (Å²) in [7, 11) is 0. The number of carbonyl (C=O) groups is 3. The first kappa shape index (κ1) is 24.7. The van der Waals surface area contributed by atoms with Crippen LogP contribution in [0.4, 0.5) is 5.69 Å². The van der Waals surface area contributed by atoms with Crippen LogP contribution >= 0.6 is 0 Å². The number of rotatable bonds is 6. The summed E-state index contributed by atoms with van der Waals surface area (Å²) < 4.78 is 4.99. The average Bonchev–Trinajstić information content (AvgIpc) is 3.11. The third-order valence-electron chi connectivity index (χ3n) is 6.17. The number of Topliss-reactive ketones (excluding diaryl/α,β-unsaturated/α-hetero) is 1. The molecule has 1 aliphatic heterocycles. The number of esters is 1. The van der Waals surface area contributed by atoms with Crippen LogP contribution in [0, 0.1) is 13.8 Å². The summed E-state index contributed by atoms with van der Waals surface area (Å²) in [4.78, 5) is 39.8. The van der Waals surface area contributed by atoms with Gasteiger partial charge in [-0.2, -0.15) is 0 Å². The molecule has 1 saturated heterocycles. The van der Waals surface area contributed by atoms with E-state index in [0.29, 0.717) is 22.4 Å². The molecule has 3 aromatic carbocycles. The van der Waals surface area contributed by atoms with Gasteiger partial charge < -0.3 is 14.9 Å². The molecule has 0 bridgehead atoms. The van der Waals surface area contributed by atoms with Crippen LogP contribution in [0.2, 0.25) is 0 Å². The Morgan fingerprint density at radius 3 is 2.28 bits per heavy atom. The maximum atomic E-state index is 13.3. The van der Waals surface area contributed by atoms with Crippen molar-refractivity contribution in [2.24, 2.45) is 0 Å². The lowest BCUT2D eigenvalue weighted by Gasteiger charge is -2.26. The molecule has 1 unspecified atom stereocenters. The highest BCUT2D eigenvalue weighted by molar-refractivity contribution is 6.51. The Bertz CT molecular complexity index is 1360. The number of aliphatic hydroxyl groups is 1. The monoisotopic (exact) mass is 485 g/mol. The summed E-state index contributed by atoms with van der Waals surface area (Å²) in [6, 6.07) is 17.5. The van der Waals surface area contributed by atoms with Crippen molar-refractivity contribution >= 4 is 29.1 Å². The van der Waals surface area contributed by atoms with Crippen molar-refractivity contribution in [3.63, 3.8) is 0 Å². The van der Waals surface area contributed by atoms with Crippen molar-refractivity contribution in [3.05, 3.63) is 100 Å². The Balaban J connectivity index is 1.84. The predicted octanol–water partition coefficient (Wildman–Crippen LogP) is 4.74. The van der Waals surface area contributed by atoms with Gasteiger partial charge in [0.15, 0.2) is 0 Å². The molecule has 1 atom stereocenters. The Hall–Kier alpha value is -4.39. The van der Waals surface area contributed by atoms with E-state index in [0.717, 1.165) is 11.1 Å². The zero-order valence-corrected chi connectivity index (χ0v) is 20.3. The molecule has 4 rings (SSSR count). The summed E-state index contributed by atoms with van der Waals surface area (Å²) in [6.45, 7) is 5.72. The number of phenolic OH excluding ortho intramolecular Hbond substituents is 1. The molecule has 1 aliphatic rings. The molecule has 3 aromatic rings. The first-order valence-corrected chi connectivity index (χ1v) is 11.6. The lowest BCUT2D eigenvalue weighted by molar-refractivity contribution is -0.142. The van der Waals surface area contributed by atoms with Crippen LogP contribution in [0.15, 0.2) is 72.3 Å². The van der Waals surface area contributed by atoms with Crippen molar-refractivity contribution in [1.29, 1.82) is 0 Å². The number of hydrogen-bond acceptors (Lipinski definition) is 6. The molecular formula is C29H27NO6. The number of ether oxygens (including phenoxy) is 1. The maximum Gasteiger partial charge on any atom is 0.310 e. The Labute approximate surface area is 209 Å². The van der Waals surface area contributed by atoms with Gasteiger partial charge in [-0.25, -0.2) is 0 Å². The molecule has 0 aliphatic carbocycles. The van der Waals surface area contributed by atoms with E-state index in [2.05, 4.69) is 0 Å². The van der Waals surface area contributed by atoms with E-state index in [4.69, 9.17) is 4.74 Å². The quantitative estimate of drug-likeness (QED) is 0.226. The normalized spacial score (nSPS) is 16.9. The van der Waals surface area contributed by atoms with Gasteiger partial charge in [-0.3, -0.25) is 19.3 Å². The number of anilines is 1. The highest BCUT2D eigenvalue weighted by atomic mass is 16.5. The van der Waals surface area contributed by atoms with E-state index in [9.17, 15) is 24.6 Å². The molecular weight excluding hydrogens is 458 g/mol. The number of carbonyl (C=O) groups excluding carboxylic acids is 3. The molecule has 36 heavy (non-hydrogen) atoms. The lowest BCUT2D eigenvalue weighted by atomic mass is 9.93. The zero-order valence-electron chi connectivity index (χ0n) is 20.3. The van der Waals surface area contributed by atoms with Crippen LogP contribution in [0.1, 0.15) is 40.8 Å². The predicted molar refractivity (Wildman–Crippen MR) is 136 cm³/mol. The topological polar surface area (TPSA) is 104 Å². The third-order valence-corrected chi connectivity index (χ3v) is 6.17. The summed E-state index contributed by atoms with van der Waals surface area (Å²) >= 11 is 0. The van der Waals surface area contributed by atoms with E-state index in [1.165, 1.54) is 17.0 Å². The van der Waals surface area contributed by atoms with Crippen LogP contribution in [-0.4, -0.2) is 34.5 Å². The van der Waals surface area contributed by atoms with Crippen molar-refractivity contribution in [2.45, 2.75) is 33.2 Å². The molecule has 0 spiro atoms. The van der Waals surface area contributed by atoms with Gasteiger partial charge in [0.25, 0.3) is 11.7 Å². The van der Waals surface area contributed by atoms with Crippen LogP contribution in [0.3, 0.4) is 0 Å². The fraction of sp³-hybridized carbons (Fsp3) is 0.207. The van der Waals surface area contributed by atoms with Crippen LogP contribution < -0.4 is 4.90 Å². The summed E-state index contributed by atoms with van der Waals surface area (Å²) in [5.41, 5.74) is 3.78. The number of aromatic hydroxyl groups is 1. The fourth-order valence-corrected chi connectivity index (χ4v) is 4.36. The largest absolute Gasteiger partial charge is 0.508 e. The second kappa shape index (κ2) is 10.1. The molecule has 0 saturated carbocycles. The highest BCUT2D eigenvalue weighted by Gasteiger charge is 2.47. The van der Waals surface area contributed by atoms with Gasteiger partial charge in [0.2, 0.25) is 0 Å². The molecule has 2 N–H and O–H groups in total.